The van der Waals surface area contributed by atoms with Crippen molar-refractivity contribution in [3.63, 3.8) is 0 Å². The van der Waals surface area contributed by atoms with Gasteiger partial charge in [-0.05, 0) is 68.2 Å². The fourth-order valence-electron chi connectivity index (χ4n) is 4.66. The second-order valence-corrected chi connectivity index (χ2v) is 9.11. The van der Waals surface area contributed by atoms with Crippen LogP contribution < -0.4 is 14.5 Å². The van der Waals surface area contributed by atoms with Crippen LogP contribution in [-0.4, -0.2) is 37.9 Å². The van der Waals surface area contributed by atoms with Crippen LogP contribution in [0.15, 0.2) is 42.7 Å². The van der Waals surface area contributed by atoms with Crippen molar-refractivity contribution >= 4 is 40.4 Å². The lowest BCUT2D eigenvalue weighted by atomic mass is 9.75. The van der Waals surface area contributed by atoms with E-state index >= 15 is 4.39 Å². The normalized spacial score (nSPS) is 16.5. The number of rotatable bonds is 6. The van der Waals surface area contributed by atoms with Gasteiger partial charge in [0.25, 0.3) is 11.7 Å². The zero-order valence-corrected chi connectivity index (χ0v) is 20.2. The maximum atomic E-state index is 15.1. The Labute approximate surface area is 207 Å². The summed E-state index contributed by atoms with van der Waals surface area (Å²) < 4.78 is 22.5. The predicted octanol–water partition coefficient (Wildman–Crippen LogP) is 4.50. The average molecular weight is 491 g/mol. The summed E-state index contributed by atoms with van der Waals surface area (Å²) >= 11 is 5.74. The highest BCUT2D eigenvalue weighted by atomic mass is 32.1. The molecule has 5 rings (SSSR count). The zero-order valence-electron chi connectivity index (χ0n) is 19.4. The largest absolute Gasteiger partial charge is 0.490 e. The lowest BCUT2D eigenvalue weighted by Crippen LogP contribution is -2.55. The first-order valence-electron chi connectivity index (χ1n) is 11.3. The maximum absolute atomic E-state index is 15.1. The molecular formula is C25H23FN6O2S. The van der Waals surface area contributed by atoms with Crippen molar-refractivity contribution in [2.45, 2.75) is 38.1 Å². The van der Waals surface area contributed by atoms with Crippen molar-refractivity contribution in [2.24, 2.45) is 7.05 Å². The number of aryl methyl sites for hydroxylation is 2. The molecule has 1 saturated heterocycles. The van der Waals surface area contributed by atoms with Crippen molar-refractivity contribution < 1.29 is 13.9 Å². The summed E-state index contributed by atoms with van der Waals surface area (Å²) in [5, 5.41) is 4.39. The number of nitrogens with zero attached hydrogens (tertiary/aromatic N) is 6. The molecule has 0 unspecified atom stereocenters. The van der Waals surface area contributed by atoms with Crippen LogP contribution in [0.3, 0.4) is 0 Å². The Bertz CT molecular complexity index is 1380. The molecule has 1 aromatic carbocycles. The molecule has 1 saturated carbocycles. The molecule has 0 atom stereocenters. The molecule has 0 N–H and O–H groups in total. The second-order valence-electron chi connectivity index (χ2n) is 8.75. The number of thiocarbonyl (C=S) groups is 1. The van der Waals surface area contributed by atoms with Gasteiger partial charge < -0.3 is 14.5 Å². The molecule has 35 heavy (non-hydrogen) atoms. The Morgan fingerprint density at radius 2 is 2.06 bits per heavy atom. The third-order valence-corrected chi connectivity index (χ3v) is 7.07. The standard InChI is InChI=1S/C25H23FN6O2S/c1-16-13-19(15-28-22(16)27-2)31-23(33)25(9-4-10-25)32(24(31)35)18-5-6-21(20(26)14-18)34-12-8-17-7-11-29-30(17)3/h5-7,11,13-15H,4,8-10,12H2,1,3H3. The average Bonchev–Trinajstić information content (AvgIpc) is 3.32. The summed E-state index contributed by atoms with van der Waals surface area (Å²) in [6, 6.07) is 8.31. The minimum atomic E-state index is -0.836. The molecule has 0 bridgehead atoms. The number of amides is 1. The summed E-state index contributed by atoms with van der Waals surface area (Å²) in [4.78, 5) is 24.4. The van der Waals surface area contributed by atoms with Gasteiger partial charge in [-0.2, -0.15) is 5.10 Å². The smallest absolute Gasteiger partial charge is 0.272 e. The number of aromatic nitrogens is 3. The highest BCUT2D eigenvalue weighted by molar-refractivity contribution is 7.81. The molecular weight excluding hydrogens is 467 g/mol. The van der Waals surface area contributed by atoms with Gasteiger partial charge in [-0.15, -0.1) is 4.98 Å². The molecule has 1 spiro atoms. The second kappa shape index (κ2) is 8.74. The molecule has 2 fully saturated rings. The Balaban J connectivity index is 1.40. The first-order chi connectivity index (χ1) is 16.9. The van der Waals surface area contributed by atoms with Crippen LogP contribution in [0, 0.1) is 19.3 Å². The predicted molar refractivity (Wildman–Crippen MR) is 133 cm³/mol. The van der Waals surface area contributed by atoms with Gasteiger partial charge in [0.1, 0.15) is 11.7 Å². The minimum absolute atomic E-state index is 0.140. The van der Waals surface area contributed by atoms with E-state index in [1.165, 1.54) is 17.2 Å². The van der Waals surface area contributed by atoms with Crippen molar-refractivity contribution in [1.29, 1.82) is 0 Å². The number of anilines is 2. The van der Waals surface area contributed by atoms with Crippen LogP contribution in [-0.2, 0) is 18.3 Å². The van der Waals surface area contributed by atoms with E-state index in [0.717, 1.165) is 12.1 Å². The number of benzene rings is 1. The van der Waals surface area contributed by atoms with Gasteiger partial charge >= 0.3 is 0 Å². The van der Waals surface area contributed by atoms with Crippen molar-refractivity contribution in [2.75, 3.05) is 16.4 Å². The molecule has 2 aliphatic rings. The summed E-state index contributed by atoms with van der Waals surface area (Å²) in [6.45, 7) is 9.29. The van der Waals surface area contributed by atoms with E-state index in [-0.39, 0.29) is 22.6 Å². The molecule has 3 heterocycles. The molecule has 3 aromatic rings. The molecule has 0 radical (unpaired) electrons. The van der Waals surface area contributed by atoms with E-state index in [0.29, 0.717) is 42.8 Å². The first-order valence-corrected chi connectivity index (χ1v) is 11.7. The highest BCUT2D eigenvalue weighted by Crippen LogP contribution is 2.48. The monoisotopic (exact) mass is 490 g/mol. The number of pyridine rings is 1. The van der Waals surface area contributed by atoms with Crippen LogP contribution >= 0.6 is 12.2 Å². The van der Waals surface area contributed by atoms with Crippen molar-refractivity contribution in [3.05, 3.63) is 71.2 Å². The lowest BCUT2D eigenvalue weighted by Gasteiger charge is -2.43. The minimum Gasteiger partial charge on any atom is -0.490 e. The number of hydrogen-bond acceptors (Lipinski definition) is 5. The fourth-order valence-corrected chi connectivity index (χ4v) is 5.13. The van der Waals surface area contributed by atoms with Gasteiger partial charge in [0, 0.05) is 37.1 Å². The molecule has 1 aliphatic heterocycles. The zero-order chi connectivity index (χ0) is 24.7. The summed E-state index contributed by atoms with van der Waals surface area (Å²) in [6.07, 6.45) is 5.92. The van der Waals surface area contributed by atoms with Crippen LogP contribution in [0.5, 0.6) is 5.75 Å². The summed E-state index contributed by atoms with van der Waals surface area (Å²) in [5.41, 5.74) is 1.83. The van der Waals surface area contributed by atoms with Crippen LogP contribution in [0.1, 0.15) is 30.5 Å². The van der Waals surface area contributed by atoms with Gasteiger partial charge in [-0.1, -0.05) is 6.57 Å². The molecule has 1 amide bonds. The van der Waals surface area contributed by atoms with Crippen molar-refractivity contribution in [1.82, 2.24) is 14.8 Å². The molecule has 2 aromatic heterocycles. The lowest BCUT2D eigenvalue weighted by molar-refractivity contribution is -0.123. The Morgan fingerprint density at radius 3 is 2.66 bits per heavy atom. The number of carbonyl (C=O) groups excluding carboxylic acids is 1. The van der Waals surface area contributed by atoms with Gasteiger partial charge in [0.2, 0.25) is 0 Å². The van der Waals surface area contributed by atoms with E-state index in [9.17, 15) is 4.79 Å². The van der Waals surface area contributed by atoms with E-state index in [1.807, 2.05) is 13.1 Å². The third-order valence-electron chi connectivity index (χ3n) is 6.70. The highest BCUT2D eigenvalue weighted by Gasteiger charge is 2.59. The Kier molecular flexibility index (Phi) is 5.73. The third kappa shape index (κ3) is 3.72. The van der Waals surface area contributed by atoms with Crippen molar-refractivity contribution in [3.8, 4) is 5.75 Å². The van der Waals surface area contributed by atoms with Crippen LogP contribution in [0.4, 0.5) is 21.6 Å². The van der Waals surface area contributed by atoms with Crippen LogP contribution in [0.25, 0.3) is 4.85 Å². The van der Waals surface area contributed by atoms with Gasteiger partial charge in [-0.3, -0.25) is 14.4 Å². The topological polar surface area (TPSA) is 67.8 Å². The van der Waals surface area contributed by atoms with E-state index in [2.05, 4.69) is 14.9 Å². The van der Waals surface area contributed by atoms with Gasteiger partial charge in [0.15, 0.2) is 16.7 Å². The molecule has 178 valence electrons. The number of hydrogen-bond donors (Lipinski definition) is 0. The number of halogens is 1. The SMILES string of the molecule is [C-]#[N+]c1ncc(N2C(=O)C3(CCC3)N(c3ccc(OCCc4ccnn4C)c(F)c3)C2=S)cc1C. The maximum Gasteiger partial charge on any atom is 0.272 e. The summed E-state index contributed by atoms with van der Waals surface area (Å²) in [5.74, 6) is -0.249. The van der Waals surface area contributed by atoms with E-state index in [4.69, 9.17) is 23.5 Å². The van der Waals surface area contributed by atoms with Gasteiger partial charge in [0.05, 0.1) is 12.3 Å². The Morgan fingerprint density at radius 1 is 1.26 bits per heavy atom. The van der Waals surface area contributed by atoms with Gasteiger partial charge in [-0.25, -0.2) is 4.39 Å². The molecule has 10 heteroatoms. The Hall–Kier alpha value is -3.84. The molecule has 1 aliphatic carbocycles. The fraction of sp³-hybridized carbons (Fsp3) is 0.320. The van der Waals surface area contributed by atoms with E-state index in [1.54, 1.807) is 40.9 Å². The first kappa shape index (κ1) is 22.9. The summed E-state index contributed by atoms with van der Waals surface area (Å²) in [7, 11) is 1.85. The molecule has 8 nitrogen and oxygen atoms in total. The van der Waals surface area contributed by atoms with E-state index < -0.39 is 11.4 Å². The van der Waals surface area contributed by atoms with Crippen LogP contribution in [0.2, 0.25) is 0 Å². The quantitative estimate of drug-likeness (QED) is 0.375. The number of carbonyl (C=O) groups is 1. The number of ether oxygens (including phenoxy) is 1.